The van der Waals surface area contributed by atoms with Gasteiger partial charge >= 0.3 is 0 Å². The molecule has 0 saturated carbocycles. The predicted molar refractivity (Wildman–Crippen MR) is 76.1 cm³/mol. The first-order valence-corrected chi connectivity index (χ1v) is 7.32. The molecule has 0 amide bonds. The van der Waals surface area contributed by atoms with E-state index in [1.165, 1.54) is 8.66 Å². The lowest BCUT2D eigenvalue weighted by Crippen LogP contribution is -2.33. The van der Waals surface area contributed by atoms with Crippen molar-refractivity contribution >= 4 is 27.3 Å². The van der Waals surface area contributed by atoms with Crippen LogP contribution in [-0.4, -0.2) is 18.6 Å². The van der Waals surface area contributed by atoms with E-state index in [4.69, 9.17) is 5.73 Å². The summed E-state index contributed by atoms with van der Waals surface area (Å²) in [5.74, 6) is 0. The standard InChI is InChI=1S/C12H21BrN2S/c1-12(2,14)7-3-8-15-9-6-10-4-5-11(13)16-10/h4-5,15H,3,6-9,14H2,1-2H3. The number of nitrogens with one attached hydrogen (secondary N) is 1. The zero-order valence-electron chi connectivity index (χ0n) is 10.1. The van der Waals surface area contributed by atoms with Gasteiger partial charge in [0.25, 0.3) is 0 Å². The van der Waals surface area contributed by atoms with Crippen LogP contribution >= 0.6 is 27.3 Å². The topological polar surface area (TPSA) is 38.0 Å². The SMILES string of the molecule is CC(C)(N)CCCNCCc1ccc(Br)s1. The van der Waals surface area contributed by atoms with E-state index in [0.29, 0.717) is 0 Å². The highest BCUT2D eigenvalue weighted by Crippen LogP contribution is 2.21. The molecular weight excluding hydrogens is 284 g/mol. The summed E-state index contributed by atoms with van der Waals surface area (Å²) >= 11 is 5.28. The number of rotatable bonds is 7. The van der Waals surface area contributed by atoms with Gasteiger partial charge in [0.15, 0.2) is 0 Å². The fraction of sp³-hybridized carbons (Fsp3) is 0.667. The lowest BCUT2D eigenvalue weighted by Gasteiger charge is -2.17. The van der Waals surface area contributed by atoms with Crippen molar-refractivity contribution in [2.75, 3.05) is 13.1 Å². The first kappa shape index (κ1) is 14.2. The van der Waals surface area contributed by atoms with E-state index in [9.17, 15) is 0 Å². The van der Waals surface area contributed by atoms with Gasteiger partial charge in [-0.3, -0.25) is 0 Å². The molecule has 1 rings (SSSR count). The van der Waals surface area contributed by atoms with Gasteiger partial charge in [-0.15, -0.1) is 11.3 Å². The third-order valence-corrected chi connectivity index (χ3v) is 4.04. The Bertz CT molecular complexity index is 304. The van der Waals surface area contributed by atoms with Crippen LogP contribution in [0, 0.1) is 0 Å². The Balaban J connectivity index is 2.00. The number of halogens is 1. The average Bonchev–Trinajstić information content (AvgIpc) is 2.56. The molecule has 92 valence electrons. The van der Waals surface area contributed by atoms with Gasteiger partial charge in [0.2, 0.25) is 0 Å². The van der Waals surface area contributed by atoms with E-state index >= 15 is 0 Å². The lowest BCUT2D eigenvalue weighted by molar-refractivity contribution is 0.449. The molecule has 0 bridgehead atoms. The molecule has 3 N–H and O–H groups in total. The van der Waals surface area contributed by atoms with Gasteiger partial charge in [0, 0.05) is 10.4 Å². The third-order valence-electron chi connectivity index (χ3n) is 2.35. The summed E-state index contributed by atoms with van der Waals surface area (Å²) < 4.78 is 1.22. The minimum Gasteiger partial charge on any atom is -0.326 e. The normalized spacial score (nSPS) is 12.0. The summed E-state index contributed by atoms with van der Waals surface area (Å²) in [6.07, 6.45) is 3.34. The molecule has 4 heteroatoms. The Labute approximate surface area is 111 Å². The molecule has 16 heavy (non-hydrogen) atoms. The molecule has 0 aliphatic rings. The Kier molecular flexibility index (Phi) is 5.97. The maximum absolute atomic E-state index is 5.91. The number of hydrogen-bond acceptors (Lipinski definition) is 3. The van der Waals surface area contributed by atoms with E-state index in [-0.39, 0.29) is 5.54 Å². The molecule has 1 aromatic rings. The highest BCUT2D eigenvalue weighted by atomic mass is 79.9. The first-order chi connectivity index (χ1) is 7.47. The van der Waals surface area contributed by atoms with Crippen molar-refractivity contribution in [3.8, 4) is 0 Å². The van der Waals surface area contributed by atoms with Crippen molar-refractivity contribution in [2.45, 2.75) is 38.6 Å². The summed E-state index contributed by atoms with van der Waals surface area (Å²) in [5.41, 5.74) is 5.89. The second kappa shape index (κ2) is 6.74. The van der Waals surface area contributed by atoms with Crippen molar-refractivity contribution in [1.82, 2.24) is 5.32 Å². The van der Waals surface area contributed by atoms with Crippen LogP contribution in [0.5, 0.6) is 0 Å². The molecule has 0 aliphatic carbocycles. The summed E-state index contributed by atoms with van der Waals surface area (Å²) in [6.45, 7) is 6.28. The molecule has 0 aliphatic heterocycles. The van der Waals surface area contributed by atoms with Crippen LogP contribution in [0.2, 0.25) is 0 Å². The minimum absolute atomic E-state index is 0.0275. The van der Waals surface area contributed by atoms with Gasteiger partial charge in [0.1, 0.15) is 0 Å². The van der Waals surface area contributed by atoms with Crippen molar-refractivity contribution in [3.63, 3.8) is 0 Å². The first-order valence-electron chi connectivity index (χ1n) is 5.71. The smallest absolute Gasteiger partial charge is 0.0701 e. The van der Waals surface area contributed by atoms with Crippen molar-refractivity contribution < 1.29 is 0 Å². The second-order valence-electron chi connectivity index (χ2n) is 4.80. The van der Waals surface area contributed by atoms with Crippen LogP contribution in [-0.2, 0) is 6.42 Å². The second-order valence-corrected chi connectivity index (χ2v) is 7.35. The zero-order chi connectivity index (χ0) is 12.0. The quantitative estimate of drug-likeness (QED) is 0.759. The third kappa shape index (κ3) is 6.63. The van der Waals surface area contributed by atoms with Gasteiger partial charge in [-0.2, -0.15) is 0 Å². The van der Waals surface area contributed by atoms with Crippen LogP contribution in [0.4, 0.5) is 0 Å². The van der Waals surface area contributed by atoms with Gasteiger partial charge < -0.3 is 11.1 Å². The fourth-order valence-electron chi connectivity index (χ4n) is 1.49. The molecular formula is C12H21BrN2S. The molecule has 0 atom stereocenters. The zero-order valence-corrected chi connectivity index (χ0v) is 12.5. The number of nitrogens with two attached hydrogens (primary N) is 1. The molecule has 0 spiro atoms. The molecule has 0 fully saturated rings. The summed E-state index contributed by atoms with van der Waals surface area (Å²) in [7, 11) is 0. The molecule has 0 radical (unpaired) electrons. The largest absolute Gasteiger partial charge is 0.326 e. The van der Waals surface area contributed by atoms with E-state index in [0.717, 1.165) is 32.4 Å². The van der Waals surface area contributed by atoms with Crippen LogP contribution in [0.3, 0.4) is 0 Å². The van der Waals surface area contributed by atoms with Gasteiger partial charge in [-0.25, -0.2) is 0 Å². The van der Waals surface area contributed by atoms with E-state index < -0.39 is 0 Å². The Morgan fingerprint density at radius 2 is 2.12 bits per heavy atom. The Hall–Kier alpha value is 0.1000. The van der Waals surface area contributed by atoms with E-state index in [1.54, 1.807) is 0 Å². The van der Waals surface area contributed by atoms with Crippen molar-refractivity contribution in [1.29, 1.82) is 0 Å². The van der Waals surface area contributed by atoms with E-state index in [2.05, 4.69) is 47.2 Å². The van der Waals surface area contributed by atoms with E-state index in [1.807, 2.05) is 11.3 Å². The molecule has 0 aromatic carbocycles. The molecule has 0 saturated heterocycles. The highest BCUT2D eigenvalue weighted by Gasteiger charge is 2.08. The van der Waals surface area contributed by atoms with Gasteiger partial charge in [-0.1, -0.05) is 0 Å². The van der Waals surface area contributed by atoms with Gasteiger partial charge in [0.05, 0.1) is 3.79 Å². The maximum Gasteiger partial charge on any atom is 0.0701 e. The van der Waals surface area contributed by atoms with Crippen LogP contribution in [0.1, 0.15) is 31.6 Å². The molecule has 1 heterocycles. The van der Waals surface area contributed by atoms with Crippen molar-refractivity contribution in [2.24, 2.45) is 5.73 Å². The van der Waals surface area contributed by atoms with Gasteiger partial charge in [-0.05, 0) is 74.3 Å². The summed E-state index contributed by atoms with van der Waals surface area (Å²) in [4.78, 5) is 1.43. The highest BCUT2D eigenvalue weighted by molar-refractivity contribution is 9.11. The number of hydrogen-bond donors (Lipinski definition) is 2. The fourth-order valence-corrected chi connectivity index (χ4v) is 2.97. The summed E-state index contributed by atoms with van der Waals surface area (Å²) in [6, 6.07) is 4.29. The van der Waals surface area contributed by atoms with Crippen molar-refractivity contribution in [3.05, 3.63) is 20.8 Å². The van der Waals surface area contributed by atoms with Crippen LogP contribution in [0.25, 0.3) is 0 Å². The lowest BCUT2D eigenvalue weighted by atomic mass is 10.0. The van der Waals surface area contributed by atoms with Crippen LogP contribution < -0.4 is 11.1 Å². The number of thiophene rings is 1. The maximum atomic E-state index is 5.91. The summed E-state index contributed by atoms with van der Waals surface area (Å²) in [5, 5.41) is 3.45. The Morgan fingerprint density at radius 1 is 1.38 bits per heavy atom. The molecule has 1 aromatic heterocycles. The van der Waals surface area contributed by atoms with Crippen LogP contribution in [0.15, 0.2) is 15.9 Å². The molecule has 2 nitrogen and oxygen atoms in total. The Morgan fingerprint density at radius 3 is 2.69 bits per heavy atom. The predicted octanol–water partition coefficient (Wildman–Crippen LogP) is 3.16. The minimum atomic E-state index is -0.0275. The monoisotopic (exact) mass is 304 g/mol. The average molecular weight is 305 g/mol. The molecule has 0 unspecified atom stereocenters.